The molecule has 0 heterocycles. The number of carbonyl (C=O) groups excluding carboxylic acids is 5. The lowest BCUT2D eigenvalue weighted by molar-refractivity contribution is -0.169. The monoisotopic (exact) mass is 428 g/mol. The molecule has 0 aliphatic heterocycles. The summed E-state index contributed by atoms with van der Waals surface area (Å²) in [4.78, 5) is 57.2. The molecule has 0 N–H and O–H groups in total. The molecule has 0 aliphatic rings. The van der Waals surface area contributed by atoms with E-state index in [0.717, 1.165) is 12.2 Å². The third kappa shape index (κ3) is 11.6. The van der Waals surface area contributed by atoms with Gasteiger partial charge in [-0.2, -0.15) is 0 Å². The van der Waals surface area contributed by atoms with Crippen molar-refractivity contribution in [3.05, 3.63) is 25.3 Å². The van der Waals surface area contributed by atoms with Crippen LogP contribution in [0.2, 0.25) is 0 Å². The van der Waals surface area contributed by atoms with E-state index in [1.165, 1.54) is 13.8 Å². The molecule has 0 rings (SSSR count). The highest BCUT2D eigenvalue weighted by molar-refractivity contribution is 5.84. The van der Waals surface area contributed by atoms with E-state index >= 15 is 0 Å². The average molecular weight is 428 g/mol. The maximum Gasteiger partial charge on any atom is 0.344 e. The molecule has 0 bridgehead atoms. The van der Waals surface area contributed by atoms with Crippen LogP contribution in [0.1, 0.15) is 27.7 Å². The molecule has 0 spiro atoms. The predicted octanol–water partition coefficient (Wildman–Crippen LogP) is 1.13. The second-order valence-corrected chi connectivity index (χ2v) is 7.57. The van der Waals surface area contributed by atoms with E-state index in [1.54, 1.807) is 13.8 Å². The van der Waals surface area contributed by atoms with Gasteiger partial charge < -0.3 is 23.7 Å². The second-order valence-electron chi connectivity index (χ2n) is 7.57. The zero-order valence-electron chi connectivity index (χ0n) is 17.7. The van der Waals surface area contributed by atoms with Gasteiger partial charge >= 0.3 is 29.8 Å². The van der Waals surface area contributed by atoms with E-state index in [4.69, 9.17) is 14.2 Å². The molecule has 0 aromatic carbocycles. The Morgan fingerprint density at radius 2 is 1.07 bits per heavy atom. The van der Waals surface area contributed by atoms with E-state index in [-0.39, 0.29) is 19.8 Å². The first-order chi connectivity index (χ1) is 13.8. The minimum Gasteiger partial charge on any atom is -0.464 e. The van der Waals surface area contributed by atoms with Crippen molar-refractivity contribution < 1.29 is 47.7 Å². The van der Waals surface area contributed by atoms with Crippen molar-refractivity contribution in [2.24, 2.45) is 10.8 Å². The van der Waals surface area contributed by atoms with Gasteiger partial charge in [-0.15, -0.1) is 0 Å². The fourth-order valence-electron chi connectivity index (χ4n) is 1.55. The molecule has 30 heavy (non-hydrogen) atoms. The van der Waals surface area contributed by atoms with Crippen LogP contribution in [-0.2, 0) is 47.7 Å². The van der Waals surface area contributed by atoms with Crippen LogP contribution in [0.3, 0.4) is 0 Å². The lowest BCUT2D eigenvalue weighted by atomic mass is 9.93. The summed E-state index contributed by atoms with van der Waals surface area (Å²) in [5.41, 5.74) is -1.89. The van der Waals surface area contributed by atoms with Crippen LogP contribution in [0.5, 0.6) is 0 Å². The van der Waals surface area contributed by atoms with Crippen molar-refractivity contribution in [1.29, 1.82) is 0 Å². The van der Waals surface area contributed by atoms with Crippen molar-refractivity contribution in [1.82, 2.24) is 0 Å². The van der Waals surface area contributed by atoms with Crippen LogP contribution in [0.25, 0.3) is 0 Å². The van der Waals surface area contributed by atoms with Crippen LogP contribution in [0, 0.1) is 10.8 Å². The number of hydrogen-bond acceptors (Lipinski definition) is 10. The molecule has 0 atom stereocenters. The normalized spacial score (nSPS) is 10.9. The summed E-state index contributed by atoms with van der Waals surface area (Å²) in [7, 11) is 0. The highest BCUT2D eigenvalue weighted by Gasteiger charge is 2.33. The van der Waals surface area contributed by atoms with Gasteiger partial charge in [0.05, 0.1) is 18.6 Å². The summed E-state index contributed by atoms with van der Waals surface area (Å²) in [5, 5.41) is 0. The summed E-state index contributed by atoms with van der Waals surface area (Å²) in [6, 6.07) is 0. The number of hydrogen-bond donors (Lipinski definition) is 0. The molecule has 0 aromatic heterocycles. The Labute approximate surface area is 175 Å². The Kier molecular flexibility index (Phi) is 11.1. The topological polar surface area (TPSA) is 132 Å². The standard InChI is InChI=1S/C20H28O10/c1-7-14(21)26-9-16(23)28-11-19(3,4)12-30-18(25)20(5,6)13-29-17(24)10-27-15(22)8-2/h7-8H,1-2,9-13H2,3-6H3. The maximum atomic E-state index is 12.3. The lowest BCUT2D eigenvalue weighted by Crippen LogP contribution is -2.36. The smallest absolute Gasteiger partial charge is 0.344 e. The third-order valence-electron chi connectivity index (χ3n) is 3.36. The number of esters is 5. The molecule has 0 saturated heterocycles. The fourth-order valence-corrected chi connectivity index (χ4v) is 1.55. The third-order valence-corrected chi connectivity index (χ3v) is 3.36. The molecule has 0 aliphatic carbocycles. The molecule has 0 radical (unpaired) electrons. The minimum atomic E-state index is -1.16. The van der Waals surface area contributed by atoms with Crippen molar-refractivity contribution in [2.75, 3.05) is 33.0 Å². The van der Waals surface area contributed by atoms with Crippen LogP contribution in [0.4, 0.5) is 0 Å². The molecular formula is C20H28O10. The highest BCUT2D eigenvalue weighted by Crippen LogP contribution is 2.22. The summed E-state index contributed by atoms with van der Waals surface area (Å²) in [6.07, 6.45) is 1.82. The Morgan fingerprint density at radius 3 is 1.50 bits per heavy atom. The first kappa shape index (κ1) is 26.8. The van der Waals surface area contributed by atoms with E-state index in [9.17, 15) is 24.0 Å². The molecule has 0 saturated carbocycles. The summed E-state index contributed by atoms with van der Waals surface area (Å²) < 4.78 is 24.2. The first-order valence-corrected chi connectivity index (χ1v) is 8.90. The Bertz CT molecular complexity index is 675. The largest absolute Gasteiger partial charge is 0.464 e. The molecular weight excluding hydrogens is 400 g/mol. The Hall–Kier alpha value is -3.17. The zero-order chi connectivity index (χ0) is 23.4. The van der Waals surface area contributed by atoms with Crippen LogP contribution in [0.15, 0.2) is 25.3 Å². The molecule has 0 unspecified atom stereocenters. The van der Waals surface area contributed by atoms with Gasteiger partial charge in [-0.3, -0.25) is 4.79 Å². The molecule has 168 valence electrons. The predicted molar refractivity (Wildman–Crippen MR) is 103 cm³/mol. The minimum absolute atomic E-state index is 0.0834. The van der Waals surface area contributed by atoms with Gasteiger partial charge in [-0.1, -0.05) is 27.0 Å². The summed E-state index contributed by atoms with van der Waals surface area (Å²) in [5.74, 6) is -3.74. The highest BCUT2D eigenvalue weighted by atomic mass is 16.6. The number of carbonyl (C=O) groups is 5. The quantitative estimate of drug-likeness (QED) is 0.239. The maximum absolute atomic E-state index is 12.3. The van der Waals surface area contributed by atoms with Crippen LogP contribution >= 0.6 is 0 Å². The van der Waals surface area contributed by atoms with E-state index in [2.05, 4.69) is 22.6 Å². The molecule has 10 heteroatoms. The fraction of sp³-hybridized carbons (Fsp3) is 0.550. The zero-order valence-corrected chi connectivity index (χ0v) is 17.7. The van der Waals surface area contributed by atoms with Crippen molar-refractivity contribution >= 4 is 29.8 Å². The SMILES string of the molecule is C=CC(=O)OCC(=O)OCC(C)(C)COC(=O)C(C)(C)COC(=O)COC(=O)C=C. The first-order valence-electron chi connectivity index (χ1n) is 8.90. The molecule has 10 nitrogen and oxygen atoms in total. The van der Waals surface area contributed by atoms with Crippen molar-refractivity contribution in [2.45, 2.75) is 27.7 Å². The Morgan fingerprint density at radius 1 is 0.667 bits per heavy atom. The summed E-state index contributed by atoms with van der Waals surface area (Å²) in [6.45, 7) is 11.2. The van der Waals surface area contributed by atoms with Crippen LogP contribution in [-0.4, -0.2) is 62.9 Å². The molecule has 0 amide bonds. The Balaban J connectivity index is 4.38. The van der Waals surface area contributed by atoms with Gasteiger partial charge in [0, 0.05) is 17.6 Å². The van der Waals surface area contributed by atoms with E-state index in [1.807, 2.05) is 0 Å². The molecule has 0 fully saturated rings. The van der Waals surface area contributed by atoms with Gasteiger partial charge in [0.15, 0.2) is 13.2 Å². The van der Waals surface area contributed by atoms with Crippen molar-refractivity contribution in [3.8, 4) is 0 Å². The molecule has 0 aromatic rings. The van der Waals surface area contributed by atoms with Crippen molar-refractivity contribution in [3.63, 3.8) is 0 Å². The lowest BCUT2D eigenvalue weighted by Gasteiger charge is -2.27. The summed E-state index contributed by atoms with van der Waals surface area (Å²) >= 11 is 0. The second kappa shape index (κ2) is 12.4. The van der Waals surface area contributed by atoms with Gasteiger partial charge in [-0.05, 0) is 13.8 Å². The van der Waals surface area contributed by atoms with Crippen LogP contribution < -0.4 is 0 Å². The van der Waals surface area contributed by atoms with Gasteiger partial charge in [0.1, 0.15) is 6.61 Å². The van der Waals surface area contributed by atoms with Gasteiger partial charge in [0.25, 0.3) is 0 Å². The number of rotatable bonds is 13. The van der Waals surface area contributed by atoms with E-state index < -0.39 is 53.9 Å². The van der Waals surface area contributed by atoms with Gasteiger partial charge in [0.2, 0.25) is 0 Å². The average Bonchev–Trinajstić information content (AvgIpc) is 2.70. The number of ether oxygens (including phenoxy) is 5. The van der Waals surface area contributed by atoms with E-state index in [0.29, 0.717) is 0 Å². The van der Waals surface area contributed by atoms with Gasteiger partial charge in [-0.25, -0.2) is 19.2 Å².